The van der Waals surface area contributed by atoms with Gasteiger partial charge in [0.15, 0.2) is 0 Å². The van der Waals surface area contributed by atoms with Crippen molar-refractivity contribution in [3.8, 4) is 0 Å². The Morgan fingerprint density at radius 1 is 1.15 bits per heavy atom. The highest BCUT2D eigenvalue weighted by molar-refractivity contribution is 4.81. The van der Waals surface area contributed by atoms with Crippen molar-refractivity contribution in [3.05, 3.63) is 0 Å². The molecular formula is C17H34N2O. The molecule has 2 saturated heterocycles. The summed E-state index contributed by atoms with van der Waals surface area (Å²) in [5.74, 6) is 0. The molecule has 2 unspecified atom stereocenters. The molecule has 2 atom stereocenters. The van der Waals surface area contributed by atoms with Crippen molar-refractivity contribution in [3.63, 3.8) is 0 Å². The smallest absolute Gasteiger partial charge is 0.0707 e. The lowest BCUT2D eigenvalue weighted by Crippen LogP contribution is -2.35. The Morgan fingerprint density at radius 2 is 1.95 bits per heavy atom. The van der Waals surface area contributed by atoms with Gasteiger partial charge >= 0.3 is 0 Å². The number of nitrogens with one attached hydrogen (secondary N) is 1. The molecule has 0 spiro atoms. The van der Waals surface area contributed by atoms with E-state index < -0.39 is 0 Å². The van der Waals surface area contributed by atoms with Gasteiger partial charge in [-0.15, -0.1) is 0 Å². The SMILES string of the molecule is CCCNCC1CCC(CN2CCCC(C)(C)CC2)O1. The van der Waals surface area contributed by atoms with Crippen LogP contribution in [0.5, 0.6) is 0 Å². The quantitative estimate of drug-likeness (QED) is 0.758. The standard InChI is InChI=1S/C17H34N2O/c1-4-10-18-13-15-6-7-16(20-15)14-19-11-5-8-17(2,3)9-12-19/h15-16,18H,4-14H2,1-3H3. The van der Waals surface area contributed by atoms with Crippen LogP contribution in [0.3, 0.4) is 0 Å². The van der Waals surface area contributed by atoms with Gasteiger partial charge in [0.2, 0.25) is 0 Å². The summed E-state index contributed by atoms with van der Waals surface area (Å²) in [6, 6.07) is 0. The fourth-order valence-electron chi connectivity index (χ4n) is 3.45. The van der Waals surface area contributed by atoms with Crippen LogP contribution < -0.4 is 5.32 Å². The average Bonchev–Trinajstić information content (AvgIpc) is 2.76. The van der Waals surface area contributed by atoms with E-state index >= 15 is 0 Å². The van der Waals surface area contributed by atoms with Gasteiger partial charge in [0, 0.05) is 13.1 Å². The second-order valence-corrected chi connectivity index (χ2v) is 7.48. The fraction of sp³-hybridized carbons (Fsp3) is 1.00. The third-order valence-corrected chi connectivity index (χ3v) is 4.89. The Balaban J connectivity index is 1.67. The van der Waals surface area contributed by atoms with Crippen LogP contribution in [0.25, 0.3) is 0 Å². The van der Waals surface area contributed by atoms with Crippen LogP contribution in [0, 0.1) is 5.41 Å². The number of hydrogen-bond acceptors (Lipinski definition) is 3. The molecule has 3 nitrogen and oxygen atoms in total. The van der Waals surface area contributed by atoms with Gasteiger partial charge in [-0.3, -0.25) is 0 Å². The molecule has 0 aliphatic carbocycles. The molecule has 0 aromatic heterocycles. The van der Waals surface area contributed by atoms with E-state index in [1.165, 1.54) is 51.6 Å². The van der Waals surface area contributed by atoms with Crippen LogP contribution in [-0.4, -0.2) is 49.8 Å². The van der Waals surface area contributed by atoms with Crippen molar-refractivity contribution in [2.45, 2.75) is 71.5 Å². The van der Waals surface area contributed by atoms with Crippen molar-refractivity contribution in [2.75, 3.05) is 32.7 Å². The second kappa shape index (κ2) is 7.77. The number of hydrogen-bond donors (Lipinski definition) is 1. The summed E-state index contributed by atoms with van der Waals surface area (Å²) in [4.78, 5) is 2.64. The van der Waals surface area contributed by atoms with Crippen LogP contribution in [0.15, 0.2) is 0 Å². The first-order valence-electron chi connectivity index (χ1n) is 8.67. The molecule has 0 aromatic rings. The van der Waals surface area contributed by atoms with E-state index in [1.807, 2.05) is 0 Å². The van der Waals surface area contributed by atoms with Gasteiger partial charge in [-0.1, -0.05) is 20.8 Å². The van der Waals surface area contributed by atoms with Crippen molar-refractivity contribution in [1.29, 1.82) is 0 Å². The van der Waals surface area contributed by atoms with Gasteiger partial charge in [-0.2, -0.15) is 0 Å². The van der Waals surface area contributed by atoms with Crippen LogP contribution in [-0.2, 0) is 4.74 Å². The van der Waals surface area contributed by atoms with Gasteiger partial charge in [-0.25, -0.2) is 0 Å². The van der Waals surface area contributed by atoms with Crippen LogP contribution in [0.2, 0.25) is 0 Å². The Bertz CT molecular complexity index is 280. The summed E-state index contributed by atoms with van der Waals surface area (Å²) in [5.41, 5.74) is 0.540. The number of ether oxygens (including phenoxy) is 1. The Kier molecular flexibility index (Phi) is 6.31. The molecule has 2 fully saturated rings. The van der Waals surface area contributed by atoms with E-state index in [0.717, 1.165) is 19.6 Å². The minimum Gasteiger partial charge on any atom is -0.372 e. The third-order valence-electron chi connectivity index (χ3n) is 4.89. The maximum absolute atomic E-state index is 6.20. The van der Waals surface area contributed by atoms with Crippen molar-refractivity contribution < 1.29 is 4.74 Å². The van der Waals surface area contributed by atoms with Crippen molar-refractivity contribution in [2.24, 2.45) is 5.41 Å². The summed E-state index contributed by atoms with van der Waals surface area (Å²) < 4.78 is 6.20. The first-order valence-corrected chi connectivity index (χ1v) is 8.67. The largest absolute Gasteiger partial charge is 0.372 e. The van der Waals surface area contributed by atoms with Gasteiger partial charge in [0.05, 0.1) is 12.2 Å². The highest BCUT2D eigenvalue weighted by Crippen LogP contribution is 2.30. The van der Waals surface area contributed by atoms with Crippen LogP contribution in [0.1, 0.15) is 59.3 Å². The Morgan fingerprint density at radius 3 is 2.75 bits per heavy atom. The first kappa shape index (κ1) is 16.3. The zero-order valence-electron chi connectivity index (χ0n) is 13.8. The van der Waals surface area contributed by atoms with E-state index in [9.17, 15) is 0 Å². The molecule has 20 heavy (non-hydrogen) atoms. The topological polar surface area (TPSA) is 24.5 Å². The molecule has 2 aliphatic rings. The Hall–Kier alpha value is -0.120. The van der Waals surface area contributed by atoms with E-state index in [0.29, 0.717) is 17.6 Å². The molecule has 0 bridgehead atoms. The van der Waals surface area contributed by atoms with Gasteiger partial charge in [0.25, 0.3) is 0 Å². The zero-order valence-corrected chi connectivity index (χ0v) is 13.8. The van der Waals surface area contributed by atoms with Gasteiger partial charge < -0.3 is 15.0 Å². The maximum atomic E-state index is 6.20. The fourth-order valence-corrected chi connectivity index (χ4v) is 3.45. The minimum atomic E-state index is 0.454. The third kappa shape index (κ3) is 5.34. The summed E-state index contributed by atoms with van der Waals surface area (Å²) in [6.45, 7) is 12.9. The number of likely N-dealkylation sites (tertiary alicyclic amines) is 1. The van der Waals surface area contributed by atoms with E-state index in [2.05, 4.69) is 31.0 Å². The second-order valence-electron chi connectivity index (χ2n) is 7.48. The molecule has 118 valence electrons. The van der Waals surface area contributed by atoms with Gasteiger partial charge in [-0.05, 0) is 63.6 Å². The molecule has 0 radical (unpaired) electrons. The van der Waals surface area contributed by atoms with Crippen molar-refractivity contribution in [1.82, 2.24) is 10.2 Å². The number of rotatable bonds is 6. The molecule has 3 heteroatoms. The maximum Gasteiger partial charge on any atom is 0.0707 e. The van der Waals surface area contributed by atoms with Crippen LogP contribution >= 0.6 is 0 Å². The summed E-state index contributed by atoms with van der Waals surface area (Å²) in [7, 11) is 0. The van der Waals surface area contributed by atoms with E-state index in [4.69, 9.17) is 4.74 Å². The predicted octanol–water partition coefficient (Wildman–Crippen LogP) is 3.05. The molecule has 2 rings (SSSR count). The highest BCUT2D eigenvalue weighted by Gasteiger charge is 2.28. The number of nitrogens with zero attached hydrogens (tertiary/aromatic N) is 1. The lowest BCUT2D eigenvalue weighted by Gasteiger charge is -2.25. The highest BCUT2D eigenvalue weighted by atomic mass is 16.5. The summed E-state index contributed by atoms with van der Waals surface area (Å²) >= 11 is 0. The minimum absolute atomic E-state index is 0.454. The average molecular weight is 282 g/mol. The predicted molar refractivity (Wildman–Crippen MR) is 85.1 cm³/mol. The van der Waals surface area contributed by atoms with Gasteiger partial charge in [0.1, 0.15) is 0 Å². The van der Waals surface area contributed by atoms with E-state index in [-0.39, 0.29) is 0 Å². The first-order chi connectivity index (χ1) is 9.59. The zero-order chi connectivity index (χ0) is 14.4. The normalized spacial score (nSPS) is 31.4. The monoisotopic (exact) mass is 282 g/mol. The lowest BCUT2D eigenvalue weighted by molar-refractivity contribution is 0.0236. The Labute approximate surface area is 125 Å². The van der Waals surface area contributed by atoms with Crippen LogP contribution in [0.4, 0.5) is 0 Å². The molecule has 2 aliphatic heterocycles. The molecule has 0 saturated carbocycles. The molecule has 0 aromatic carbocycles. The summed E-state index contributed by atoms with van der Waals surface area (Å²) in [6.07, 6.45) is 8.68. The van der Waals surface area contributed by atoms with E-state index in [1.54, 1.807) is 0 Å². The molecule has 1 N–H and O–H groups in total. The molecule has 0 amide bonds. The molecule has 2 heterocycles. The summed E-state index contributed by atoms with van der Waals surface area (Å²) in [5, 5.41) is 3.48. The molecular weight excluding hydrogens is 248 g/mol. The van der Waals surface area contributed by atoms with Crippen molar-refractivity contribution >= 4 is 0 Å². The lowest BCUT2D eigenvalue weighted by atomic mass is 9.85.